The van der Waals surface area contributed by atoms with E-state index in [-0.39, 0.29) is 0 Å². The summed E-state index contributed by atoms with van der Waals surface area (Å²) < 4.78 is 0. The first-order chi connectivity index (χ1) is 4.34. The molecule has 0 aliphatic carbocycles. The van der Waals surface area contributed by atoms with E-state index in [1.54, 1.807) is 11.3 Å². The Morgan fingerprint density at radius 2 is 2.56 bits per heavy atom. The molecule has 1 aromatic heterocycles. The molecule has 9 heavy (non-hydrogen) atoms. The maximum absolute atomic E-state index is 5.12. The molecule has 1 rings (SSSR count). The summed E-state index contributed by atoms with van der Waals surface area (Å²) in [6.07, 6.45) is 0. The van der Waals surface area contributed by atoms with E-state index in [1.807, 2.05) is 17.5 Å². The number of nitrogens with two attached hydrogens (primary N) is 1. The summed E-state index contributed by atoms with van der Waals surface area (Å²) in [6.45, 7) is 3.69. The maximum Gasteiger partial charge on any atom is 0.0585 e. The van der Waals surface area contributed by atoms with Crippen molar-refractivity contribution in [3.05, 3.63) is 29.0 Å². The molecule has 0 aromatic carbocycles. The molecule has 1 aromatic rings. The molecule has 0 radical (unpaired) electrons. The third-order valence-electron chi connectivity index (χ3n) is 0.993. The van der Waals surface area contributed by atoms with Crippen LogP contribution in [0.2, 0.25) is 0 Å². The number of hydrazine groups is 1. The Balaban J connectivity index is 2.77. The van der Waals surface area contributed by atoms with Crippen LogP contribution >= 0.6 is 11.3 Å². The molecule has 2 nitrogen and oxygen atoms in total. The first-order valence-electron chi connectivity index (χ1n) is 2.54. The Hall–Kier alpha value is -0.800. The zero-order valence-corrected chi connectivity index (χ0v) is 5.74. The van der Waals surface area contributed by atoms with Gasteiger partial charge >= 0.3 is 0 Å². The van der Waals surface area contributed by atoms with E-state index in [4.69, 9.17) is 5.84 Å². The fourth-order valence-corrected chi connectivity index (χ4v) is 1.18. The van der Waals surface area contributed by atoms with Gasteiger partial charge in [0.05, 0.1) is 10.6 Å². The quantitative estimate of drug-likeness (QED) is 0.478. The zero-order valence-electron chi connectivity index (χ0n) is 4.92. The van der Waals surface area contributed by atoms with E-state index < -0.39 is 0 Å². The van der Waals surface area contributed by atoms with Crippen LogP contribution in [0.1, 0.15) is 4.88 Å². The first-order valence-corrected chi connectivity index (χ1v) is 3.42. The van der Waals surface area contributed by atoms with Crippen LogP contribution in [0.25, 0.3) is 5.70 Å². The highest BCUT2D eigenvalue weighted by atomic mass is 32.1. The van der Waals surface area contributed by atoms with Crippen molar-refractivity contribution in [2.45, 2.75) is 0 Å². The van der Waals surface area contributed by atoms with Crippen LogP contribution in [-0.4, -0.2) is 0 Å². The van der Waals surface area contributed by atoms with Crippen molar-refractivity contribution in [1.82, 2.24) is 5.43 Å². The molecule has 0 fully saturated rings. The monoisotopic (exact) mass is 140 g/mol. The molecule has 0 atom stereocenters. The van der Waals surface area contributed by atoms with Crippen LogP contribution in [0.4, 0.5) is 0 Å². The normalized spacial score (nSPS) is 9.00. The van der Waals surface area contributed by atoms with Crippen molar-refractivity contribution in [3.63, 3.8) is 0 Å². The third-order valence-corrected chi connectivity index (χ3v) is 1.92. The molecule has 0 amide bonds. The van der Waals surface area contributed by atoms with Crippen molar-refractivity contribution in [3.8, 4) is 0 Å². The molecule has 0 spiro atoms. The molecule has 0 unspecified atom stereocenters. The number of thiophene rings is 1. The lowest BCUT2D eigenvalue weighted by Gasteiger charge is -1.97. The first kappa shape index (κ1) is 6.32. The van der Waals surface area contributed by atoms with Gasteiger partial charge in [-0.2, -0.15) is 0 Å². The molecule has 0 bridgehead atoms. The largest absolute Gasteiger partial charge is 0.323 e. The van der Waals surface area contributed by atoms with Gasteiger partial charge in [-0.15, -0.1) is 11.3 Å². The van der Waals surface area contributed by atoms with Gasteiger partial charge in [0.1, 0.15) is 0 Å². The van der Waals surface area contributed by atoms with Gasteiger partial charge in [-0.05, 0) is 11.4 Å². The van der Waals surface area contributed by atoms with E-state index in [0.29, 0.717) is 0 Å². The summed E-state index contributed by atoms with van der Waals surface area (Å²) in [4.78, 5) is 1.08. The van der Waals surface area contributed by atoms with Crippen molar-refractivity contribution < 1.29 is 0 Å². The van der Waals surface area contributed by atoms with Gasteiger partial charge in [0.15, 0.2) is 0 Å². The molecule has 0 saturated heterocycles. The van der Waals surface area contributed by atoms with E-state index in [9.17, 15) is 0 Å². The number of hydrogen-bond donors (Lipinski definition) is 2. The van der Waals surface area contributed by atoms with Gasteiger partial charge in [0, 0.05) is 0 Å². The average Bonchev–Trinajstić information content (AvgIpc) is 2.37. The summed E-state index contributed by atoms with van der Waals surface area (Å²) in [7, 11) is 0. The Morgan fingerprint density at radius 3 is 3.00 bits per heavy atom. The van der Waals surface area contributed by atoms with Crippen LogP contribution in [0.15, 0.2) is 24.1 Å². The molecule has 0 aliphatic rings. The van der Waals surface area contributed by atoms with Crippen molar-refractivity contribution >= 4 is 17.0 Å². The highest BCUT2D eigenvalue weighted by molar-refractivity contribution is 7.11. The summed E-state index contributed by atoms with van der Waals surface area (Å²) in [6, 6.07) is 3.93. The Labute approximate surface area is 58.0 Å². The van der Waals surface area contributed by atoms with Gasteiger partial charge in [-0.25, -0.2) is 0 Å². The highest BCUT2D eigenvalue weighted by Crippen LogP contribution is 2.14. The highest BCUT2D eigenvalue weighted by Gasteiger charge is 1.93. The van der Waals surface area contributed by atoms with E-state index in [0.717, 1.165) is 10.6 Å². The minimum absolute atomic E-state index is 0.769. The van der Waals surface area contributed by atoms with Gasteiger partial charge in [-0.3, -0.25) is 5.84 Å². The third kappa shape index (κ3) is 1.31. The SMILES string of the molecule is C=C(NN)c1cccs1. The average molecular weight is 140 g/mol. The summed E-state index contributed by atoms with van der Waals surface area (Å²) in [5, 5.41) is 1.98. The fraction of sp³-hybridized carbons (Fsp3) is 0. The lowest BCUT2D eigenvalue weighted by atomic mass is 10.4. The van der Waals surface area contributed by atoms with Gasteiger partial charge in [-0.1, -0.05) is 12.6 Å². The molecule has 3 heteroatoms. The predicted molar refractivity (Wildman–Crippen MR) is 40.7 cm³/mol. The summed E-state index contributed by atoms with van der Waals surface area (Å²) in [5.74, 6) is 5.12. The van der Waals surface area contributed by atoms with E-state index >= 15 is 0 Å². The molecule has 3 N–H and O–H groups in total. The number of hydrogen-bond acceptors (Lipinski definition) is 3. The minimum atomic E-state index is 0.769. The van der Waals surface area contributed by atoms with E-state index in [1.165, 1.54) is 0 Å². The Morgan fingerprint density at radius 1 is 1.78 bits per heavy atom. The molecule has 1 heterocycles. The van der Waals surface area contributed by atoms with Crippen LogP contribution in [0, 0.1) is 0 Å². The van der Waals surface area contributed by atoms with Crippen LogP contribution in [0.5, 0.6) is 0 Å². The summed E-state index contributed by atoms with van der Waals surface area (Å²) >= 11 is 1.61. The van der Waals surface area contributed by atoms with Gasteiger partial charge in [0.25, 0.3) is 0 Å². The fourth-order valence-electron chi connectivity index (χ4n) is 0.521. The van der Waals surface area contributed by atoms with Gasteiger partial charge < -0.3 is 5.43 Å². The second kappa shape index (κ2) is 2.66. The molecule has 0 saturated carbocycles. The number of nitrogens with one attached hydrogen (secondary N) is 1. The second-order valence-electron chi connectivity index (χ2n) is 1.60. The van der Waals surface area contributed by atoms with Crippen molar-refractivity contribution in [2.24, 2.45) is 5.84 Å². The van der Waals surface area contributed by atoms with E-state index in [2.05, 4.69) is 12.0 Å². The zero-order chi connectivity index (χ0) is 6.69. The van der Waals surface area contributed by atoms with Crippen LogP contribution in [-0.2, 0) is 0 Å². The Kier molecular flexibility index (Phi) is 1.87. The Bertz CT molecular complexity index is 191. The lowest BCUT2D eigenvalue weighted by molar-refractivity contribution is 1.00. The van der Waals surface area contributed by atoms with Crippen LogP contribution in [0.3, 0.4) is 0 Å². The molecule has 48 valence electrons. The van der Waals surface area contributed by atoms with Crippen molar-refractivity contribution in [2.75, 3.05) is 0 Å². The van der Waals surface area contributed by atoms with Crippen molar-refractivity contribution in [1.29, 1.82) is 0 Å². The molecular weight excluding hydrogens is 132 g/mol. The van der Waals surface area contributed by atoms with Gasteiger partial charge in [0.2, 0.25) is 0 Å². The topological polar surface area (TPSA) is 38.0 Å². The molecule has 0 aliphatic heterocycles. The number of rotatable bonds is 2. The minimum Gasteiger partial charge on any atom is -0.323 e. The predicted octanol–water partition coefficient (Wildman–Crippen LogP) is 1.18. The lowest BCUT2D eigenvalue weighted by Crippen LogP contribution is -2.18. The van der Waals surface area contributed by atoms with Crippen LogP contribution < -0.4 is 11.3 Å². The summed E-state index contributed by atoms with van der Waals surface area (Å²) in [5.41, 5.74) is 3.25. The molecular formula is C6H8N2S. The maximum atomic E-state index is 5.12. The standard InChI is InChI=1S/C6H8N2S/c1-5(8-7)6-3-2-4-9-6/h2-4,8H,1,7H2. The smallest absolute Gasteiger partial charge is 0.0585 e. The second-order valence-corrected chi connectivity index (χ2v) is 2.55.